The molecule has 1 unspecified atom stereocenters. The lowest BCUT2D eigenvalue weighted by molar-refractivity contribution is 0.0463. The van der Waals surface area contributed by atoms with E-state index in [1.165, 1.54) is 6.07 Å². The maximum absolute atomic E-state index is 13.9. The molecule has 18 heavy (non-hydrogen) atoms. The van der Waals surface area contributed by atoms with Crippen LogP contribution in [0.15, 0.2) is 18.2 Å². The normalized spacial score (nSPS) is 19.9. The van der Waals surface area contributed by atoms with Crippen LogP contribution < -0.4 is 16.4 Å². The second kappa shape index (κ2) is 5.32. The molecule has 1 aromatic carbocycles. The average molecular weight is 253 g/mol. The Balaban J connectivity index is 2.20. The van der Waals surface area contributed by atoms with E-state index in [1.807, 2.05) is 4.90 Å². The molecule has 0 saturated carbocycles. The van der Waals surface area contributed by atoms with E-state index in [-0.39, 0.29) is 11.7 Å². The molecular formula is C12H16FN3O2. The van der Waals surface area contributed by atoms with E-state index in [4.69, 9.17) is 16.2 Å². The van der Waals surface area contributed by atoms with Crippen LogP contribution in [0.3, 0.4) is 0 Å². The Morgan fingerprint density at radius 3 is 2.94 bits per heavy atom. The monoisotopic (exact) mass is 253 g/mol. The van der Waals surface area contributed by atoms with Crippen molar-refractivity contribution in [3.63, 3.8) is 0 Å². The molecule has 1 fully saturated rings. The van der Waals surface area contributed by atoms with Crippen molar-refractivity contribution in [1.82, 2.24) is 0 Å². The van der Waals surface area contributed by atoms with Crippen molar-refractivity contribution in [2.75, 3.05) is 31.1 Å². The first kappa shape index (κ1) is 12.8. The van der Waals surface area contributed by atoms with Crippen molar-refractivity contribution >= 4 is 11.6 Å². The smallest absolute Gasteiger partial charge is 0.248 e. The van der Waals surface area contributed by atoms with Crippen molar-refractivity contribution in [2.45, 2.75) is 6.10 Å². The molecule has 5 nitrogen and oxygen atoms in total. The molecule has 1 aliphatic rings. The number of carbonyl (C=O) groups excluding carboxylic acids is 1. The van der Waals surface area contributed by atoms with Crippen LogP contribution in [-0.2, 0) is 4.74 Å². The summed E-state index contributed by atoms with van der Waals surface area (Å²) in [5.74, 6) is -1.09. The van der Waals surface area contributed by atoms with Gasteiger partial charge in [-0.15, -0.1) is 0 Å². The highest BCUT2D eigenvalue weighted by molar-refractivity contribution is 5.93. The minimum Gasteiger partial charge on any atom is -0.373 e. The van der Waals surface area contributed by atoms with Gasteiger partial charge in [0.05, 0.1) is 18.4 Å². The molecule has 4 N–H and O–H groups in total. The van der Waals surface area contributed by atoms with Crippen LogP contribution >= 0.6 is 0 Å². The van der Waals surface area contributed by atoms with Crippen molar-refractivity contribution in [3.8, 4) is 0 Å². The lowest BCUT2D eigenvalue weighted by Gasteiger charge is -2.34. The number of morpholine rings is 1. The van der Waals surface area contributed by atoms with Gasteiger partial charge in [0.25, 0.3) is 0 Å². The molecule has 1 aromatic rings. The first-order valence-corrected chi connectivity index (χ1v) is 5.77. The van der Waals surface area contributed by atoms with Crippen LogP contribution in [0.1, 0.15) is 10.4 Å². The van der Waals surface area contributed by atoms with E-state index in [0.29, 0.717) is 31.9 Å². The largest absolute Gasteiger partial charge is 0.373 e. The van der Waals surface area contributed by atoms with Gasteiger partial charge in [-0.25, -0.2) is 4.39 Å². The third-order valence-corrected chi connectivity index (χ3v) is 2.97. The SMILES string of the molecule is NCC1CN(c2ccc(C(N)=O)cc2F)CCO1. The van der Waals surface area contributed by atoms with Gasteiger partial charge in [-0.3, -0.25) is 4.79 Å². The maximum atomic E-state index is 13.9. The van der Waals surface area contributed by atoms with Gasteiger partial charge in [-0.2, -0.15) is 0 Å². The Labute approximate surface area is 104 Å². The summed E-state index contributed by atoms with van der Waals surface area (Å²) >= 11 is 0. The van der Waals surface area contributed by atoms with E-state index in [9.17, 15) is 9.18 Å². The lowest BCUT2D eigenvalue weighted by atomic mass is 10.1. The fourth-order valence-electron chi connectivity index (χ4n) is 2.00. The number of nitrogens with zero attached hydrogens (tertiary/aromatic N) is 1. The number of primary amides is 1. The van der Waals surface area contributed by atoms with Gasteiger partial charge in [-0.05, 0) is 18.2 Å². The van der Waals surface area contributed by atoms with Gasteiger partial charge in [-0.1, -0.05) is 0 Å². The molecule has 2 rings (SSSR count). The van der Waals surface area contributed by atoms with Gasteiger partial charge < -0.3 is 21.1 Å². The molecule has 98 valence electrons. The number of rotatable bonds is 3. The summed E-state index contributed by atoms with van der Waals surface area (Å²) in [5, 5.41) is 0. The third-order valence-electron chi connectivity index (χ3n) is 2.97. The number of hydrogen-bond donors (Lipinski definition) is 2. The van der Waals surface area contributed by atoms with Crippen LogP contribution in [0.2, 0.25) is 0 Å². The molecule has 1 aliphatic heterocycles. The summed E-state index contributed by atoms with van der Waals surface area (Å²) in [6.07, 6.45) is -0.0889. The van der Waals surface area contributed by atoms with Crippen molar-refractivity contribution in [2.24, 2.45) is 11.5 Å². The van der Waals surface area contributed by atoms with E-state index in [1.54, 1.807) is 6.07 Å². The molecule has 0 radical (unpaired) electrons. The molecule has 0 aliphatic carbocycles. The molecule has 1 amide bonds. The minimum atomic E-state index is -0.637. The highest BCUT2D eigenvalue weighted by Crippen LogP contribution is 2.22. The first-order valence-electron chi connectivity index (χ1n) is 5.77. The summed E-state index contributed by atoms with van der Waals surface area (Å²) in [4.78, 5) is 12.8. The van der Waals surface area contributed by atoms with Crippen molar-refractivity contribution < 1.29 is 13.9 Å². The topological polar surface area (TPSA) is 81.6 Å². The van der Waals surface area contributed by atoms with Crippen LogP contribution in [0.5, 0.6) is 0 Å². The number of halogens is 1. The number of ether oxygens (including phenoxy) is 1. The first-order chi connectivity index (χ1) is 8.61. The van der Waals surface area contributed by atoms with Gasteiger partial charge in [0, 0.05) is 25.2 Å². The van der Waals surface area contributed by atoms with Crippen LogP contribution in [0.25, 0.3) is 0 Å². The number of anilines is 1. The van der Waals surface area contributed by atoms with E-state index < -0.39 is 11.7 Å². The summed E-state index contributed by atoms with van der Waals surface area (Å²) in [6.45, 7) is 2.06. The van der Waals surface area contributed by atoms with Gasteiger partial charge in [0.2, 0.25) is 5.91 Å². The van der Waals surface area contributed by atoms with Gasteiger partial charge in [0.15, 0.2) is 0 Å². The summed E-state index contributed by atoms with van der Waals surface area (Å²) in [6, 6.07) is 4.24. The predicted molar refractivity (Wildman–Crippen MR) is 65.9 cm³/mol. The molecule has 1 atom stereocenters. The Morgan fingerprint density at radius 1 is 1.56 bits per heavy atom. The maximum Gasteiger partial charge on any atom is 0.248 e. The number of carbonyl (C=O) groups is 1. The zero-order valence-electron chi connectivity index (χ0n) is 9.93. The Kier molecular flexibility index (Phi) is 3.78. The summed E-state index contributed by atoms with van der Waals surface area (Å²) in [7, 11) is 0. The number of nitrogens with two attached hydrogens (primary N) is 2. The second-order valence-electron chi connectivity index (χ2n) is 4.20. The molecule has 1 saturated heterocycles. The Hall–Kier alpha value is -1.66. The Morgan fingerprint density at radius 2 is 2.33 bits per heavy atom. The minimum absolute atomic E-state index is 0.0889. The predicted octanol–water partition coefficient (Wildman–Crippen LogP) is 0.0885. The Bertz CT molecular complexity index is 453. The van der Waals surface area contributed by atoms with Crippen LogP contribution in [-0.4, -0.2) is 38.3 Å². The summed E-state index contributed by atoms with van der Waals surface area (Å²) < 4.78 is 19.3. The number of amides is 1. The molecule has 0 aromatic heterocycles. The zero-order valence-corrected chi connectivity index (χ0v) is 9.93. The fraction of sp³-hybridized carbons (Fsp3) is 0.417. The average Bonchev–Trinajstić information content (AvgIpc) is 2.38. The third kappa shape index (κ3) is 2.60. The van der Waals surface area contributed by atoms with Gasteiger partial charge >= 0.3 is 0 Å². The molecule has 1 heterocycles. The summed E-state index contributed by atoms with van der Waals surface area (Å²) in [5.41, 5.74) is 11.3. The van der Waals surface area contributed by atoms with E-state index >= 15 is 0 Å². The lowest BCUT2D eigenvalue weighted by Crippen LogP contribution is -2.46. The molecular weight excluding hydrogens is 237 g/mol. The molecule has 0 bridgehead atoms. The van der Waals surface area contributed by atoms with Gasteiger partial charge in [0.1, 0.15) is 5.82 Å². The standard InChI is InChI=1S/C12H16FN3O2/c13-10-5-8(12(15)17)1-2-11(10)16-3-4-18-9(6-14)7-16/h1-2,5,9H,3-4,6-7,14H2,(H2,15,17). The quantitative estimate of drug-likeness (QED) is 0.799. The highest BCUT2D eigenvalue weighted by atomic mass is 19.1. The highest BCUT2D eigenvalue weighted by Gasteiger charge is 2.21. The van der Waals surface area contributed by atoms with Crippen LogP contribution in [0, 0.1) is 5.82 Å². The molecule has 0 spiro atoms. The van der Waals surface area contributed by atoms with Crippen molar-refractivity contribution in [1.29, 1.82) is 0 Å². The fourth-order valence-corrected chi connectivity index (χ4v) is 2.00. The molecule has 6 heteroatoms. The number of hydrogen-bond acceptors (Lipinski definition) is 4. The zero-order chi connectivity index (χ0) is 13.1. The number of benzene rings is 1. The van der Waals surface area contributed by atoms with E-state index in [2.05, 4.69) is 0 Å². The van der Waals surface area contributed by atoms with Crippen LogP contribution in [0.4, 0.5) is 10.1 Å². The van der Waals surface area contributed by atoms with Crippen molar-refractivity contribution in [3.05, 3.63) is 29.6 Å². The second-order valence-corrected chi connectivity index (χ2v) is 4.20. The van der Waals surface area contributed by atoms with E-state index in [0.717, 1.165) is 6.07 Å².